The van der Waals surface area contributed by atoms with Crippen molar-refractivity contribution < 1.29 is 39.5 Å². The molecular weight excluding hydrogens is 796 g/mol. The highest BCUT2D eigenvalue weighted by atomic mass is 19.4. The molecule has 0 N–H and O–H groups in total. The fourth-order valence-corrected chi connectivity index (χ4v) is 10.6. The van der Waals surface area contributed by atoms with E-state index in [1.807, 2.05) is 13.8 Å². The molecule has 0 saturated carbocycles. The minimum Gasteiger partial charge on any atom is -0.170 e. The molecule has 0 nitrogen and oxygen atoms in total. The first-order chi connectivity index (χ1) is 28.4. The Morgan fingerprint density at radius 1 is 0.443 bits per heavy atom. The van der Waals surface area contributed by atoms with Crippen molar-refractivity contribution in [2.75, 3.05) is 0 Å². The predicted molar refractivity (Wildman–Crippen MR) is 222 cm³/mol. The van der Waals surface area contributed by atoms with Gasteiger partial charge in [-0.1, -0.05) is 142 Å². The van der Waals surface area contributed by atoms with Crippen molar-refractivity contribution in [3.8, 4) is 33.4 Å². The number of hydrogen-bond donors (Lipinski definition) is 0. The van der Waals surface area contributed by atoms with Crippen molar-refractivity contribution in [3.05, 3.63) is 176 Å². The zero-order valence-electron chi connectivity index (χ0n) is 34.7. The van der Waals surface area contributed by atoms with Crippen LogP contribution in [0.15, 0.2) is 115 Å². The number of aryl methyl sites for hydroxylation is 1. The van der Waals surface area contributed by atoms with E-state index >= 15 is 26.3 Å². The monoisotopic (exact) mass is 838 g/mol. The lowest BCUT2D eigenvalue weighted by Crippen LogP contribution is -2.39. The standard InChI is InChI=1S/C52H43F9/c1-8-46(4,32-16-21-38-35-18-13-28(2)23-41(35)48(6,44(38)26-32)51(56,57)58)33-17-22-39-37-20-15-31(25-43(37)49(7,45(39)27-33)52(59,60)61)29(3)30-14-19-36-34-11-9-10-12-40(34)47(5,42(36)24-30)50(53,54)55/h9-27,29H,8H2,1-7H3. The molecule has 3 aliphatic carbocycles. The van der Waals surface area contributed by atoms with E-state index in [0.717, 1.165) is 6.92 Å². The van der Waals surface area contributed by atoms with E-state index in [1.165, 1.54) is 26.0 Å². The van der Waals surface area contributed by atoms with E-state index in [2.05, 4.69) is 0 Å². The Hall–Kier alpha value is -5.31. The zero-order valence-corrected chi connectivity index (χ0v) is 34.7. The summed E-state index contributed by atoms with van der Waals surface area (Å²) in [6.45, 7) is 10.8. The minimum atomic E-state index is -4.77. The van der Waals surface area contributed by atoms with Crippen molar-refractivity contribution in [2.24, 2.45) is 0 Å². The molecule has 5 unspecified atom stereocenters. The first-order valence-electron chi connectivity index (χ1n) is 20.4. The summed E-state index contributed by atoms with van der Waals surface area (Å²) in [6.07, 6.45) is -13.6. The first-order valence-corrected chi connectivity index (χ1v) is 20.4. The molecule has 0 aromatic heterocycles. The van der Waals surface area contributed by atoms with E-state index in [9.17, 15) is 13.2 Å². The molecule has 0 spiro atoms. The maximum atomic E-state index is 15.8. The van der Waals surface area contributed by atoms with E-state index in [4.69, 9.17) is 0 Å². The fraction of sp³-hybridized carbons (Fsp3) is 0.308. The van der Waals surface area contributed by atoms with Gasteiger partial charge in [0.25, 0.3) is 0 Å². The molecule has 0 radical (unpaired) electrons. The highest BCUT2D eigenvalue weighted by Gasteiger charge is 2.61. The summed E-state index contributed by atoms with van der Waals surface area (Å²) in [7, 11) is 0. The topological polar surface area (TPSA) is 0 Å². The van der Waals surface area contributed by atoms with Crippen LogP contribution in [0.3, 0.4) is 0 Å². The number of fused-ring (bicyclic) bond motifs is 9. The second-order valence-electron chi connectivity index (χ2n) is 18.0. The molecule has 314 valence electrons. The smallest absolute Gasteiger partial charge is 0.170 e. The number of alkyl halides is 9. The quantitative estimate of drug-likeness (QED) is 0.152. The van der Waals surface area contributed by atoms with Crippen LogP contribution in [0, 0.1) is 6.92 Å². The van der Waals surface area contributed by atoms with Crippen LogP contribution in [0.2, 0.25) is 0 Å². The predicted octanol–water partition coefficient (Wildman–Crippen LogP) is 15.4. The molecule has 0 saturated heterocycles. The fourth-order valence-electron chi connectivity index (χ4n) is 10.6. The third-order valence-electron chi connectivity index (χ3n) is 15.0. The van der Waals surface area contributed by atoms with Crippen molar-refractivity contribution in [1.29, 1.82) is 0 Å². The van der Waals surface area contributed by atoms with Gasteiger partial charge in [0.15, 0.2) is 0 Å². The van der Waals surface area contributed by atoms with Gasteiger partial charge in [-0.3, -0.25) is 0 Å². The summed E-state index contributed by atoms with van der Waals surface area (Å²) >= 11 is 0. The van der Waals surface area contributed by atoms with Gasteiger partial charge in [0.1, 0.15) is 16.2 Å². The average molecular weight is 839 g/mol. The molecule has 9 heteroatoms. The number of hydrogen-bond acceptors (Lipinski definition) is 0. The van der Waals surface area contributed by atoms with Gasteiger partial charge in [-0.05, 0) is 123 Å². The van der Waals surface area contributed by atoms with E-state index < -0.39 is 46.1 Å². The molecule has 0 aliphatic heterocycles. The van der Waals surface area contributed by atoms with Gasteiger partial charge in [0, 0.05) is 11.3 Å². The summed E-state index contributed by atoms with van der Waals surface area (Å²) in [5.74, 6) is -0.561. The van der Waals surface area contributed by atoms with Crippen LogP contribution < -0.4 is 0 Å². The van der Waals surface area contributed by atoms with Crippen LogP contribution in [0.25, 0.3) is 33.4 Å². The minimum absolute atomic E-state index is 0.0370. The van der Waals surface area contributed by atoms with Crippen LogP contribution in [0.5, 0.6) is 0 Å². The zero-order chi connectivity index (χ0) is 44.0. The van der Waals surface area contributed by atoms with Gasteiger partial charge in [0.2, 0.25) is 0 Å². The van der Waals surface area contributed by atoms with Gasteiger partial charge in [-0.15, -0.1) is 0 Å². The average Bonchev–Trinajstić information content (AvgIpc) is 3.75. The second kappa shape index (κ2) is 12.9. The number of halogens is 9. The third-order valence-corrected chi connectivity index (χ3v) is 15.0. The van der Waals surface area contributed by atoms with Gasteiger partial charge in [0.05, 0.1) is 0 Å². The Bertz CT molecular complexity index is 2810. The largest absolute Gasteiger partial charge is 0.402 e. The lowest BCUT2D eigenvalue weighted by molar-refractivity contribution is -0.172. The molecular formula is C52H43F9. The Balaban J connectivity index is 1.13. The molecule has 3 aliphatic rings. The molecule has 5 atom stereocenters. The van der Waals surface area contributed by atoms with Crippen LogP contribution in [0.1, 0.15) is 115 Å². The van der Waals surface area contributed by atoms with Crippen molar-refractivity contribution in [1.82, 2.24) is 0 Å². The molecule has 0 amide bonds. The van der Waals surface area contributed by atoms with Crippen molar-refractivity contribution >= 4 is 0 Å². The van der Waals surface area contributed by atoms with E-state index in [0.29, 0.717) is 67.6 Å². The Morgan fingerprint density at radius 2 is 0.787 bits per heavy atom. The van der Waals surface area contributed by atoms with Crippen molar-refractivity contribution in [2.45, 2.75) is 101 Å². The van der Waals surface area contributed by atoms with E-state index in [1.54, 1.807) is 117 Å². The van der Waals surface area contributed by atoms with Gasteiger partial charge in [-0.2, -0.15) is 39.5 Å². The molecule has 0 fully saturated rings. The lowest BCUT2D eigenvalue weighted by atomic mass is 9.70. The summed E-state index contributed by atoms with van der Waals surface area (Å²) in [5, 5.41) is 0. The summed E-state index contributed by atoms with van der Waals surface area (Å²) in [5.41, 5.74) is -1.72. The molecule has 61 heavy (non-hydrogen) atoms. The van der Waals surface area contributed by atoms with Crippen LogP contribution in [-0.4, -0.2) is 18.5 Å². The molecule has 6 aromatic rings. The molecule has 9 rings (SSSR count). The van der Waals surface area contributed by atoms with Gasteiger partial charge in [-0.25, -0.2) is 0 Å². The lowest BCUT2D eigenvalue weighted by Gasteiger charge is -2.35. The first kappa shape index (κ1) is 41.1. The van der Waals surface area contributed by atoms with Gasteiger partial charge >= 0.3 is 18.5 Å². The maximum absolute atomic E-state index is 15.8. The van der Waals surface area contributed by atoms with Crippen LogP contribution in [0.4, 0.5) is 39.5 Å². The number of benzene rings is 6. The Kier molecular flexibility index (Phi) is 8.66. The molecule has 6 aromatic carbocycles. The maximum Gasteiger partial charge on any atom is 0.402 e. The summed E-state index contributed by atoms with van der Waals surface area (Å²) in [4.78, 5) is 0. The van der Waals surface area contributed by atoms with Crippen molar-refractivity contribution in [3.63, 3.8) is 0 Å². The Labute approximate surface area is 349 Å². The molecule has 0 heterocycles. The van der Waals surface area contributed by atoms with Gasteiger partial charge < -0.3 is 0 Å². The summed E-state index contributed by atoms with van der Waals surface area (Å²) in [6, 6.07) is 31.6. The summed E-state index contributed by atoms with van der Waals surface area (Å²) < 4.78 is 137. The SMILES string of the molecule is CCC(C)(c1ccc2c(c1)C(C)(C(F)(F)F)c1cc(C)ccc1-2)c1ccc2c(c1)C(C)(C(F)(F)F)c1cc(C(C)c3ccc4c(c3)C(C)(C(F)(F)F)c3ccccc3-4)ccc1-2. The highest BCUT2D eigenvalue weighted by molar-refractivity contribution is 5.85. The third kappa shape index (κ3) is 5.34. The van der Waals surface area contributed by atoms with E-state index in [-0.39, 0.29) is 33.4 Å². The van der Waals surface area contributed by atoms with Crippen LogP contribution in [-0.2, 0) is 21.7 Å². The van der Waals surface area contributed by atoms with Crippen LogP contribution >= 0.6 is 0 Å². The Morgan fingerprint density at radius 3 is 1.21 bits per heavy atom. The molecule has 0 bridgehead atoms. The normalized spacial score (nSPS) is 22.8. The second-order valence-corrected chi connectivity index (χ2v) is 18.0. The highest BCUT2D eigenvalue weighted by Crippen LogP contribution is 2.61. The number of rotatable bonds is 5.